The van der Waals surface area contributed by atoms with E-state index in [2.05, 4.69) is 15.3 Å². The van der Waals surface area contributed by atoms with Gasteiger partial charge in [0.15, 0.2) is 11.6 Å². The predicted molar refractivity (Wildman–Crippen MR) is 63.8 cm³/mol. The Bertz CT molecular complexity index is 471. The molecule has 1 saturated carbocycles. The van der Waals surface area contributed by atoms with Crippen LogP contribution in [0.25, 0.3) is 0 Å². The third-order valence-corrected chi connectivity index (χ3v) is 3.58. The first-order valence-corrected chi connectivity index (χ1v) is 5.74. The predicted octanol–water partition coefficient (Wildman–Crippen LogP) is -1.90. The molecule has 8 nitrogen and oxygen atoms in total. The molecule has 0 unspecified atom stereocenters. The summed E-state index contributed by atoms with van der Waals surface area (Å²) < 4.78 is 0. The zero-order valence-electron chi connectivity index (χ0n) is 9.56. The summed E-state index contributed by atoms with van der Waals surface area (Å²) in [5.74, 6) is 0.934. The number of hydrogen-bond donors (Lipinski definition) is 5. The number of aromatic nitrogens is 2. The molecule has 1 aliphatic carbocycles. The Balaban J connectivity index is 1.91. The van der Waals surface area contributed by atoms with Crippen molar-refractivity contribution >= 4 is 17.3 Å². The highest BCUT2D eigenvalue weighted by Crippen LogP contribution is 2.37. The molecule has 98 valence electrons. The van der Waals surface area contributed by atoms with Gasteiger partial charge in [0, 0.05) is 0 Å². The SMILES string of the molecule is Nc1ncnc2c1NCN2[C@H]1C[C@H](O)[C@H](O)[C@@H]1O. The lowest BCUT2D eigenvalue weighted by Gasteiger charge is -2.27. The van der Waals surface area contributed by atoms with Crippen molar-refractivity contribution < 1.29 is 15.3 Å². The van der Waals surface area contributed by atoms with Crippen molar-refractivity contribution in [3.05, 3.63) is 6.33 Å². The van der Waals surface area contributed by atoms with E-state index in [0.717, 1.165) is 0 Å². The lowest BCUT2D eigenvalue weighted by molar-refractivity contribution is -0.0208. The summed E-state index contributed by atoms with van der Waals surface area (Å²) in [4.78, 5) is 9.79. The van der Waals surface area contributed by atoms with Gasteiger partial charge in [-0.25, -0.2) is 9.97 Å². The molecular weight excluding hydrogens is 238 g/mol. The van der Waals surface area contributed by atoms with Gasteiger partial charge in [-0.3, -0.25) is 0 Å². The third kappa shape index (κ3) is 1.50. The van der Waals surface area contributed by atoms with Gasteiger partial charge in [-0.15, -0.1) is 0 Å². The molecule has 0 amide bonds. The summed E-state index contributed by atoms with van der Waals surface area (Å²) in [6, 6.07) is -0.391. The molecular formula is C10H15N5O3. The average molecular weight is 253 g/mol. The molecule has 0 spiro atoms. The Morgan fingerprint density at radius 1 is 1.28 bits per heavy atom. The summed E-state index contributed by atoms with van der Waals surface area (Å²) in [5, 5.41) is 32.2. The summed E-state index contributed by atoms with van der Waals surface area (Å²) in [6.07, 6.45) is -1.43. The molecule has 18 heavy (non-hydrogen) atoms. The van der Waals surface area contributed by atoms with Gasteiger partial charge in [0.05, 0.1) is 18.8 Å². The van der Waals surface area contributed by atoms with Crippen molar-refractivity contribution in [3.63, 3.8) is 0 Å². The highest BCUT2D eigenvalue weighted by molar-refractivity contribution is 5.80. The van der Waals surface area contributed by atoms with Gasteiger partial charge in [-0.05, 0) is 6.42 Å². The van der Waals surface area contributed by atoms with Crippen LogP contribution in [0.3, 0.4) is 0 Å². The highest BCUT2D eigenvalue weighted by Gasteiger charge is 2.45. The van der Waals surface area contributed by atoms with Gasteiger partial charge in [0.1, 0.15) is 24.2 Å². The number of nitrogen functional groups attached to an aromatic ring is 1. The fraction of sp³-hybridized carbons (Fsp3) is 0.600. The number of nitrogens with two attached hydrogens (primary N) is 1. The van der Waals surface area contributed by atoms with Gasteiger partial charge in [-0.2, -0.15) is 0 Å². The zero-order chi connectivity index (χ0) is 12.9. The second kappa shape index (κ2) is 3.94. The summed E-state index contributed by atoms with van der Waals surface area (Å²) in [7, 11) is 0. The minimum Gasteiger partial charge on any atom is -0.390 e. The Labute approximate surface area is 103 Å². The number of aliphatic hydroxyl groups is 3. The van der Waals surface area contributed by atoms with Crippen LogP contribution in [0, 0.1) is 0 Å². The molecule has 0 aromatic carbocycles. The molecule has 0 radical (unpaired) electrons. The van der Waals surface area contributed by atoms with E-state index in [4.69, 9.17) is 5.73 Å². The van der Waals surface area contributed by atoms with E-state index in [1.807, 2.05) is 0 Å². The second-order valence-electron chi connectivity index (χ2n) is 4.61. The number of rotatable bonds is 1. The number of hydrogen-bond acceptors (Lipinski definition) is 8. The number of nitrogens with zero attached hydrogens (tertiary/aromatic N) is 3. The van der Waals surface area contributed by atoms with Crippen LogP contribution >= 0.6 is 0 Å². The van der Waals surface area contributed by atoms with Crippen molar-refractivity contribution in [2.45, 2.75) is 30.8 Å². The maximum atomic E-state index is 9.93. The molecule has 0 saturated heterocycles. The van der Waals surface area contributed by atoms with Crippen LogP contribution in [-0.4, -0.2) is 56.3 Å². The molecule has 3 rings (SSSR count). The van der Waals surface area contributed by atoms with Crippen molar-refractivity contribution in [1.29, 1.82) is 0 Å². The molecule has 1 aromatic rings. The smallest absolute Gasteiger partial charge is 0.159 e. The first-order valence-electron chi connectivity index (χ1n) is 5.74. The molecule has 2 aliphatic rings. The first-order chi connectivity index (χ1) is 8.59. The van der Waals surface area contributed by atoms with Crippen LogP contribution in [0.4, 0.5) is 17.3 Å². The molecule has 8 heteroatoms. The van der Waals surface area contributed by atoms with Crippen LogP contribution in [0.5, 0.6) is 0 Å². The van der Waals surface area contributed by atoms with Crippen LogP contribution in [0.2, 0.25) is 0 Å². The Kier molecular flexibility index (Phi) is 2.51. The minimum atomic E-state index is -1.13. The Morgan fingerprint density at radius 2 is 2.06 bits per heavy atom. The van der Waals surface area contributed by atoms with Crippen molar-refractivity contribution in [1.82, 2.24) is 9.97 Å². The molecule has 2 heterocycles. The lowest BCUT2D eigenvalue weighted by atomic mass is 10.2. The number of anilines is 3. The molecule has 0 bridgehead atoms. The monoisotopic (exact) mass is 253 g/mol. The van der Waals surface area contributed by atoms with E-state index < -0.39 is 24.4 Å². The van der Waals surface area contributed by atoms with Crippen LogP contribution in [0.1, 0.15) is 6.42 Å². The summed E-state index contributed by atoms with van der Waals surface area (Å²) >= 11 is 0. The van der Waals surface area contributed by atoms with Gasteiger partial charge in [0.25, 0.3) is 0 Å². The van der Waals surface area contributed by atoms with Crippen molar-refractivity contribution in [3.8, 4) is 0 Å². The van der Waals surface area contributed by atoms with Gasteiger partial charge in [-0.1, -0.05) is 0 Å². The zero-order valence-corrected chi connectivity index (χ0v) is 9.56. The van der Waals surface area contributed by atoms with Gasteiger partial charge < -0.3 is 31.3 Å². The topological polar surface area (TPSA) is 128 Å². The normalized spacial score (nSPS) is 34.5. The third-order valence-electron chi connectivity index (χ3n) is 3.58. The lowest BCUT2D eigenvalue weighted by Crippen LogP contribution is -2.43. The van der Waals surface area contributed by atoms with Crippen molar-refractivity contribution in [2.24, 2.45) is 0 Å². The van der Waals surface area contributed by atoms with Gasteiger partial charge >= 0.3 is 0 Å². The van der Waals surface area contributed by atoms with E-state index in [0.29, 0.717) is 24.0 Å². The van der Waals surface area contributed by atoms with E-state index >= 15 is 0 Å². The average Bonchev–Trinajstić information content (AvgIpc) is 2.88. The quantitative estimate of drug-likeness (QED) is 0.393. The van der Waals surface area contributed by atoms with E-state index in [1.54, 1.807) is 4.90 Å². The summed E-state index contributed by atoms with van der Waals surface area (Å²) in [6.45, 7) is 0.416. The van der Waals surface area contributed by atoms with Crippen molar-refractivity contribution in [2.75, 3.05) is 22.6 Å². The molecule has 1 aliphatic heterocycles. The van der Waals surface area contributed by atoms with E-state index in [-0.39, 0.29) is 6.42 Å². The number of nitrogens with one attached hydrogen (secondary N) is 1. The minimum absolute atomic E-state index is 0.285. The maximum absolute atomic E-state index is 9.93. The van der Waals surface area contributed by atoms with E-state index in [9.17, 15) is 15.3 Å². The molecule has 4 atom stereocenters. The standard InChI is InChI=1S/C10H15N5O3/c11-9-6-10(13-2-12-9)15(3-14-6)4-1-5(16)8(18)7(4)17/h2,4-5,7-8,14,16-18H,1,3H2,(H2,11,12,13)/t4-,5-,7+,8-/m0/s1. The van der Waals surface area contributed by atoms with Crippen LogP contribution in [-0.2, 0) is 0 Å². The molecule has 6 N–H and O–H groups in total. The second-order valence-corrected chi connectivity index (χ2v) is 4.61. The first kappa shape index (κ1) is 11.5. The molecule has 1 aromatic heterocycles. The van der Waals surface area contributed by atoms with Crippen LogP contribution < -0.4 is 16.0 Å². The highest BCUT2D eigenvalue weighted by atomic mass is 16.4. The largest absolute Gasteiger partial charge is 0.390 e. The fourth-order valence-electron chi connectivity index (χ4n) is 2.58. The Hall–Kier alpha value is -1.64. The fourth-order valence-corrected chi connectivity index (χ4v) is 2.58. The number of fused-ring (bicyclic) bond motifs is 1. The molecule has 1 fully saturated rings. The van der Waals surface area contributed by atoms with Crippen LogP contribution in [0.15, 0.2) is 6.33 Å². The maximum Gasteiger partial charge on any atom is 0.159 e. The van der Waals surface area contributed by atoms with Gasteiger partial charge in [0.2, 0.25) is 0 Å². The summed E-state index contributed by atoms with van der Waals surface area (Å²) in [5.41, 5.74) is 6.35. The number of aliphatic hydroxyl groups excluding tert-OH is 3. The van der Waals surface area contributed by atoms with E-state index in [1.165, 1.54) is 6.33 Å². The Morgan fingerprint density at radius 3 is 2.72 bits per heavy atom.